The van der Waals surface area contributed by atoms with Gasteiger partial charge in [-0.1, -0.05) is 0 Å². The van der Waals surface area contributed by atoms with Crippen LogP contribution in [0.3, 0.4) is 0 Å². The maximum atomic E-state index is 12.8. The van der Waals surface area contributed by atoms with Crippen LogP contribution >= 0.6 is 0 Å². The van der Waals surface area contributed by atoms with Crippen molar-refractivity contribution in [2.24, 2.45) is 0 Å². The Morgan fingerprint density at radius 3 is 2.65 bits per heavy atom. The minimum absolute atomic E-state index is 0.368. The fourth-order valence-corrected chi connectivity index (χ4v) is 3.79. The number of rotatable bonds is 5. The molecule has 0 saturated carbocycles. The average molecular weight is 466 g/mol. The minimum Gasteiger partial charge on any atom is -0.494 e. The molecule has 0 saturated heterocycles. The zero-order valence-electron chi connectivity index (χ0n) is 20.5. The first-order valence-corrected chi connectivity index (χ1v) is 11.2. The Bertz CT molecular complexity index is 1200. The van der Waals surface area contributed by atoms with Crippen molar-refractivity contribution in [3.05, 3.63) is 41.9 Å². The molecule has 180 valence electrons. The summed E-state index contributed by atoms with van der Waals surface area (Å²) >= 11 is 0. The number of ether oxygens (including phenoxy) is 2. The Morgan fingerprint density at radius 2 is 1.94 bits per heavy atom. The Hall–Kier alpha value is -3.82. The molecule has 0 unspecified atom stereocenters. The molecule has 2 N–H and O–H groups in total. The lowest BCUT2D eigenvalue weighted by Crippen LogP contribution is -2.39. The summed E-state index contributed by atoms with van der Waals surface area (Å²) in [5.74, 6) is 1.86. The van der Waals surface area contributed by atoms with E-state index in [4.69, 9.17) is 14.6 Å². The van der Waals surface area contributed by atoms with E-state index in [1.807, 2.05) is 65.2 Å². The number of hydrogen-bond acceptors (Lipinski definition) is 8. The van der Waals surface area contributed by atoms with Crippen LogP contribution in [0.4, 0.5) is 27.9 Å². The van der Waals surface area contributed by atoms with E-state index in [0.717, 1.165) is 47.1 Å². The minimum atomic E-state index is -0.571. The third-order valence-electron chi connectivity index (χ3n) is 5.26. The third kappa shape index (κ3) is 5.05. The molecule has 1 amide bonds. The van der Waals surface area contributed by atoms with Crippen LogP contribution in [0.25, 0.3) is 5.69 Å². The molecule has 0 bridgehead atoms. The predicted molar refractivity (Wildman–Crippen MR) is 132 cm³/mol. The summed E-state index contributed by atoms with van der Waals surface area (Å²) in [4.78, 5) is 23.4. The highest BCUT2D eigenvalue weighted by molar-refractivity contribution is 5.89. The van der Waals surface area contributed by atoms with Crippen LogP contribution in [-0.4, -0.2) is 52.1 Å². The van der Waals surface area contributed by atoms with E-state index in [1.165, 1.54) is 0 Å². The van der Waals surface area contributed by atoms with E-state index >= 15 is 0 Å². The highest BCUT2D eigenvalue weighted by Gasteiger charge is 2.30. The molecule has 3 heterocycles. The number of aromatic nitrogens is 4. The van der Waals surface area contributed by atoms with Crippen molar-refractivity contribution in [1.29, 1.82) is 0 Å². The topological polar surface area (TPSA) is 106 Å². The van der Waals surface area contributed by atoms with Gasteiger partial charge in [-0.3, -0.25) is 4.90 Å². The zero-order valence-corrected chi connectivity index (χ0v) is 20.5. The Labute approximate surface area is 199 Å². The Kier molecular flexibility index (Phi) is 6.32. The average Bonchev–Trinajstić information content (AvgIpc) is 3.21. The summed E-state index contributed by atoms with van der Waals surface area (Å²) in [6.45, 7) is 8.09. The molecule has 34 heavy (non-hydrogen) atoms. The highest BCUT2D eigenvalue weighted by atomic mass is 16.6. The maximum Gasteiger partial charge on any atom is 0.414 e. The van der Waals surface area contributed by atoms with E-state index in [1.54, 1.807) is 16.7 Å². The molecule has 0 atom stereocenters. The van der Waals surface area contributed by atoms with Crippen molar-refractivity contribution in [2.75, 3.05) is 36.2 Å². The van der Waals surface area contributed by atoms with Crippen LogP contribution in [0.5, 0.6) is 5.75 Å². The molecule has 2 aromatic heterocycles. The normalized spacial score (nSPS) is 13.3. The van der Waals surface area contributed by atoms with Gasteiger partial charge in [0.15, 0.2) is 0 Å². The summed E-state index contributed by atoms with van der Waals surface area (Å²) in [7, 11) is 3.43. The number of carbonyl (C=O) groups is 1. The van der Waals surface area contributed by atoms with Gasteiger partial charge < -0.3 is 20.1 Å². The summed E-state index contributed by atoms with van der Waals surface area (Å²) in [6, 6.07) is 7.54. The van der Waals surface area contributed by atoms with Crippen molar-refractivity contribution in [2.45, 2.75) is 46.1 Å². The number of nitrogens with one attached hydrogen (secondary N) is 2. The van der Waals surface area contributed by atoms with Crippen LogP contribution in [0.1, 0.15) is 38.6 Å². The molecule has 0 radical (unpaired) electrons. The fraction of sp³-hybridized carbons (Fsp3) is 0.417. The van der Waals surface area contributed by atoms with Gasteiger partial charge in [0.1, 0.15) is 22.9 Å². The highest BCUT2D eigenvalue weighted by Crippen LogP contribution is 2.33. The molecule has 10 nitrogen and oxygen atoms in total. The molecule has 1 aliphatic heterocycles. The molecular weight excluding hydrogens is 434 g/mol. The second-order valence-electron chi connectivity index (χ2n) is 9.12. The number of carbonyl (C=O) groups excluding carboxylic acids is 1. The summed E-state index contributed by atoms with van der Waals surface area (Å²) in [5, 5.41) is 11.1. The molecule has 4 rings (SSSR count). The third-order valence-corrected chi connectivity index (χ3v) is 5.26. The Balaban J connectivity index is 1.67. The fourth-order valence-electron chi connectivity index (χ4n) is 3.79. The van der Waals surface area contributed by atoms with Gasteiger partial charge in [0, 0.05) is 31.0 Å². The second-order valence-corrected chi connectivity index (χ2v) is 9.12. The van der Waals surface area contributed by atoms with Crippen molar-refractivity contribution in [3.8, 4) is 11.4 Å². The molecule has 1 aromatic carbocycles. The smallest absolute Gasteiger partial charge is 0.414 e. The van der Waals surface area contributed by atoms with E-state index in [2.05, 4.69) is 20.6 Å². The molecule has 10 heteroatoms. The van der Waals surface area contributed by atoms with Crippen LogP contribution in [0.15, 0.2) is 30.5 Å². The maximum absolute atomic E-state index is 12.8. The van der Waals surface area contributed by atoms with E-state index in [0.29, 0.717) is 18.2 Å². The number of hydrogen-bond donors (Lipinski definition) is 2. The van der Waals surface area contributed by atoms with Crippen LogP contribution in [0.2, 0.25) is 0 Å². The number of anilines is 4. The van der Waals surface area contributed by atoms with Gasteiger partial charge in [0.25, 0.3) is 0 Å². The van der Waals surface area contributed by atoms with Gasteiger partial charge in [-0.25, -0.2) is 14.5 Å². The second kappa shape index (κ2) is 9.20. The van der Waals surface area contributed by atoms with Crippen molar-refractivity contribution < 1.29 is 14.3 Å². The molecule has 1 aliphatic rings. The van der Waals surface area contributed by atoms with Gasteiger partial charge in [-0.2, -0.15) is 10.1 Å². The lowest BCUT2D eigenvalue weighted by molar-refractivity contribution is 0.0578. The van der Waals surface area contributed by atoms with Crippen LogP contribution in [0, 0.1) is 6.92 Å². The standard InChI is InChI=1S/C24H31N7O3/c1-15-12-21(25-5)28-22(26-15)27-16-9-10-20(33-6)18(13-16)31-14-19-17(29-31)8-7-11-30(19)23(32)34-24(2,3)4/h9-10,12-14H,7-8,11H2,1-6H3,(H2,25,26,27,28). The monoisotopic (exact) mass is 465 g/mol. The summed E-state index contributed by atoms with van der Waals surface area (Å²) in [5.41, 5.74) is 3.38. The predicted octanol–water partition coefficient (Wildman–Crippen LogP) is 4.45. The molecule has 0 spiro atoms. The molecule has 0 fully saturated rings. The first kappa shape index (κ1) is 23.3. The SMILES string of the molecule is CNc1cc(C)nc(Nc2ccc(OC)c(-n3cc4c(n3)CCCN4C(=O)OC(C)(C)C)c2)n1. The molecule has 0 aliphatic carbocycles. The van der Waals surface area contributed by atoms with Crippen molar-refractivity contribution in [1.82, 2.24) is 19.7 Å². The number of methoxy groups -OCH3 is 1. The lowest BCUT2D eigenvalue weighted by Gasteiger charge is -2.29. The van der Waals surface area contributed by atoms with Crippen LogP contribution < -0.4 is 20.3 Å². The van der Waals surface area contributed by atoms with Crippen molar-refractivity contribution in [3.63, 3.8) is 0 Å². The van der Waals surface area contributed by atoms with Gasteiger partial charge in [0.2, 0.25) is 5.95 Å². The zero-order chi connectivity index (χ0) is 24.5. The van der Waals surface area contributed by atoms with E-state index in [-0.39, 0.29) is 6.09 Å². The molecular formula is C24H31N7O3. The lowest BCUT2D eigenvalue weighted by atomic mass is 10.1. The molecule has 3 aromatic rings. The van der Waals surface area contributed by atoms with E-state index in [9.17, 15) is 4.79 Å². The number of amides is 1. The summed E-state index contributed by atoms with van der Waals surface area (Å²) in [6.07, 6.45) is 3.08. The van der Waals surface area contributed by atoms with Gasteiger partial charge >= 0.3 is 6.09 Å². The van der Waals surface area contributed by atoms with Gasteiger partial charge in [0.05, 0.1) is 24.7 Å². The number of benzene rings is 1. The van der Waals surface area contributed by atoms with Crippen LogP contribution in [-0.2, 0) is 11.2 Å². The number of fused-ring (bicyclic) bond motifs is 1. The largest absolute Gasteiger partial charge is 0.494 e. The first-order valence-electron chi connectivity index (χ1n) is 11.2. The number of aryl methyl sites for hydroxylation is 2. The van der Waals surface area contributed by atoms with Gasteiger partial charge in [-0.05, 0) is 58.7 Å². The van der Waals surface area contributed by atoms with Gasteiger partial charge in [-0.15, -0.1) is 0 Å². The first-order chi connectivity index (χ1) is 16.2. The number of nitrogens with zero attached hydrogens (tertiary/aromatic N) is 5. The Morgan fingerprint density at radius 1 is 1.15 bits per heavy atom. The summed E-state index contributed by atoms with van der Waals surface area (Å²) < 4.78 is 12.9. The van der Waals surface area contributed by atoms with E-state index < -0.39 is 5.60 Å². The van der Waals surface area contributed by atoms with Crippen molar-refractivity contribution >= 4 is 29.2 Å². The quantitative estimate of drug-likeness (QED) is 0.569.